The summed E-state index contributed by atoms with van der Waals surface area (Å²) in [6, 6.07) is 12.7. The number of imide groups is 1. The van der Waals surface area contributed by atoms with E-state index >= 15 is 0 Å². The predicted molar refractivity (Wildman–Crippen MR) is 83.2 cm³/mol. The number of nitrogens with one attached hydrogen (secondary N) is 1. The van der Waals surface area contributed by atoms with E-state index < -0.39 is 6.04 Å². The van der Waals surface area contributed by atoms with Crippen molar-refractivity contribution in [3.8, 4) is 0 Å². The molecule has 1 N–H and O–H groups in total. The van der Waals surface area contributed by atoms with Gasteiger partial charge in [-0.3, -0.25) is 4.79 Å². The van der Waals surface area contributed by atoms with Crippen molar-refractivity contribution in [2.45, 2.75) is 26.3 Å². The van der Waals surface area contributed by atoms with E-state index in [0.717, 1.165) is 10.8 Å². The normalized spacial score (nSPS) is 18.6. The van der Waals surface area contributed by atoms with Gasteiger partial charge in [-0.1, -0.05) is 50.2 Å². The quantitative estimate of drug-likeness (QED) is 0.878. The maximum absolute atomic E-state index is 12.5. The first kappa shape index (κ1) is 13.6. The van der Waals surface area contributed by atoms with Crippen LogP contribution in [0.15, 0.2) is 42.5 Å². The summed E-state index contributed by atoms with van der Waals surface area (Å²) in [6.45, 7) is 4.08. The second-order valence-electron chi connectivity index (χ2n) is 5.80. The van der Waals surface area contributed by atoms with Gasteiger partial charge >= 0.3 is 6.03 Å². The van der Waals surface area contributed by atoms with Crippen LogP contribution >= 0.6 is 0 Å². The molecule has 2 aromatic rings. The maximum Gasteiger partial charge on any atom is 0.329 e. The van der Waals surface area contributed by atoms with Gasteiger partial charge in [0.15, 0.2) is 0 Å². The minimum absolute atomic E-state index is 0.162. The Kier molecular flexibility index (Phi) is 3.37. The first-order valence-electron chi connectivity index (χ1n) is 7.20. The molecule has 1 saturated heterocycles. The summed E-state index contributed by atoms with van der Waals surface area (Å²) < 4.78 is 0. The third-order valence-electron chi connectivity index (χ3n) is 3.73. The molecule has 1 heterocycles. The van der Waals surface area contributed by atoms with E-state index in [-0.39, 0.29) is 11.9 Å². The largest absolute Gasteiger partial charge is 0.329 e. The van der Waals surface area contributed by atoms with Crippen LogP contribution in [0.2, 0.25) is 0 Å². The Balaban J connectivity index is 2.03. The van der Waals surface area contributed by atoms with Crippen LogP contribution in [-0.4, -0.2) is 18.0 Å². The molecule has 1 fully saturated rings. The topological polar surface area (TPSA) is 49.4 Å². The number of rotatable bonds is 3. The van der Waals surface area contributed by atoms with Crippen molar-refractivity contribution in [3.63, 3.8) is 0 Å². The second kappa shape index (κ2) is 5.20. The van der Waals surface area contributed by atoms with Crippen LogP contribution in [0.4, 0.5) is 10.5 Å². The van der Waals surface area contributed by atoms with Crippen molar-refractivity contribution in [1.29, 1.82) is 0 Å². The van der Waals surface area contributed by atoms with Crippen molar-refractivity contribution >= 4 is 28.4 Å². The van der Waals surface area contributed by atoms with E-state index in [4.69, 9.17) is 0 Å². The highest BCUT2D eigenvalue weighted by atomic mass is 16.2. The van der Waals surface area contributed by atoms with Crippen LogP contribution in [-0.2, 0) is 4.79 Å². The summed E-state index contributed by atoms with van der Waals surface area (Å²) in [4.78, 5) is 26.0. The molecule has 108 valence electrons. The number of amides is 3. The fraction of sp³-hybridized carbons (Fsp3) is 0.294. The molecule has 0 spiro atoms. The molecule has 1 unspecified atom stereocenters. The number of carbonyl (C=O) groups excluding carboxylic acids is 2. The molecule has 0 bridgehead atoms. The molecule has 0 saturated carbocycles. The molecule has 1 aliphatic heterocycles. The first-order chi connectivity index (χ1) is 10.1. The number of hydrogen-bond donors (Lipinski definition) is 1. The van der Waals surface area contributed by atoms with E-state index in [1.54, 1.807) is 0 Å². The lowest BCUT2D eigenvalue weighted by Gasteiger charge is -2.16. The molecule has 3 rings (SSSR count). The predicted octanol–water partition coefficient (Wildman–Crippen LogP) is 3.31. The van der Waals surface area contributed by atoms with Crippen LogP contribution in [0.1, 0.15) is 20.3 Å². The molecule has 1 atom stereocenters. The summed E-state index contributed by atoms with van der Waals surface area (Å²) in [5, 5.41) is 4.71. The minimum atomic E-state index is -0.420. The molecule has 0 aliphatic carbocycles. The average Bonchev–Trinajstić information content (AvgIpc) is 2.72. The van der Waals surface area contributed by atoms with Gasteiger partial charge in [0.25, 0.3) is 5.91 Å². The van der Waals surface area contributed by atoms with Gasteiger partial charge in [0.2, 0.25) is 0 Å². The van der Waals surface area contributed by atoms with Crippen molar-refractivity contribution in [3.05, 3.63) is 42.5 Å². The highest BCUT2D eigenvalue weighted by Gasteiger charge is 2.39. The van der Waals surface area contributed by atoms with E-state index in [1.165, 1.54) is 4.90 Å². The fourth-order valence-corrected chi connectivity index (χ4v) is 2.79. The summed E-state index contributed by atoms with van der Waals surface area (Å²) >= 11 is 0. The number of hydrogen-bond acceptors (Lipinski definition) is 2. The number of carbonyl (C=O) groups is 2. The number of urea groups is 1. The Labute approximate surface area is 123 Å². The Morgan fingerprint density at radius 2 is 1.81 bits per heavy atom. The lowest BCUT2D eigenvalue weighted by Crippen LogP contribution is -2.32. The first-order valence-corrected chi connectivity index (χ1v) is 7.20. The Hall–Kier alpha value is -2.36. The van der Waals surface area contributed by atoms with E-state index in [0.29, 0.717) is 18.0 Å². The average molecular weight is 282 g/mol. The Morgan fingerprint density at radius 3 is 2.57 bits per heavy atom. The van der Waals surface area contributed by atoms with E-state index in [2.05, 4.69) is 5.32 Å². The van der Waals surface area contributed by atoms with Crippen LogP contribution in [0.5, 0.6) is 0 Å². The number of fused-ring (bicyclic) bond motifs is 1. The molecule has 4 nitrogen and oxygen atoms in total. The number of benzene rings is 2. The molecule has 1 aliphatic rings. The molecule has 3 amide bonds. The monoisotopic (exact) mass is 282 g/mol. The maximum atomic E-state index is 12.5. The van der Waals surface area contributed by atoms with Crippen LogP contribution in [0.25, 0.3) is 10.8 Å². The summed E-state index contributed by atoms with van der Waals surface area (Å²) in [5.74, 6) is 0.191. The molecule has 0 aromatic heterocycles. The summed E-state index contributed by atoms with van der Waals surface area (Å²) in [7, 11) is 0. The SMILES string of the molecule is CC(C)CC1NC(=O)N(c2cccc3ccccc23)C1=O. The highest BCUT2D eigenvalue weighted by molar-refractivity contribution is 6.24. The van der Waals surface area contributed by atoms with Gasteiger partial charge in [-0.2, -0.15) is 0 Å². The fourth-order valence-electron chi connectivity index (χ4n) is 2.79. The molecular formula is C17H18N2O2. The van der Waals surface area contributed by atoms with Crippen molar-refractivity contribution in [2.75, 3.05) is 4.90 Å². The van der Waals surface area contributed by atoms with Crippen molar-refractivity contribution in [1.82, 2.24) is 5.32 Å². The third kappa shape index (κ3) is 2.37. The van der Waals surface area contributed by atoms with E-state index in [9.17, 15) is 9.59 Å². The van der Waals surface area contributed by atoms with Gasteiger partial charge < -0.3 is 5.32 Å². The standard InChI is InChI=1S/C17H18N2O2/c1-11(2)10-14-16(20)19(17(21)18-14)15-9-5-7-12-6-3-4-8-13(12)15/h3-9,11,14H,10H2,1-2H3,(H,18,21). The molecule has 4 heteroatoms. The van der Waals surface area contributed by atoms with Crippen LogP contribution in [0.3, 0.4) is 0 Å². The molecular weight excluding hydrogens is 264 g/mol. The number of nitrogens with zero attached hydrogens (tertiary/aromatic N) is 1. The molecule has 2 aromatic carbocycles. The van der Waals surface area contributed by atoms with Crippen LogP contribution in [0, 0.1) is 5.92 Å². The van der Waals surface area contributed by atoms with Gasteiger partial charge in [-0.15, -0.1) is 0 Å². The zero-order valence-corrected chi connectivity index (χ0v) is 12.2. The van der Waals surface area contributed by atoms with Gasteiger partial charge in [0.05, 0.1) is 5.69 Å². The van der Waals surface area contributed by atoms with Crippen molar-refractivity contribution in [2.24, 2.45) is 5.92 Å². The smallest absolute Gasteiger partial charge is 0.325 e. The van der Waals surface area contributed by atoms with Gasteiger partial charge in [0, 0.05) is 5.39 Å². The molecule has 0 radical (unpaired) electrons. The van der Waals surface area contributed by atoms with Gasteiger partial charge in [-0.05, 0) is 23.8 Å². The zero-order chi connectivity index (χ0) is 15.0. The third-order valence-corrected chi connectivity index (χ3v) is 3.73. The van der Waals surface area contributed by atoms with E-state index in [1.807, 2.05) is 56.3 Å². The lowest BCUT2D eigenvalue weighted by atomic mass is 10.0. The van der Waals surface area contributed by atoms with Gasteiger partial charge in [-0.25, -0.2) is 9.69 Å². The van der Waals surface area contributed by atoms with Crippen molar-refractivity contribution < 1.29 is 9.59 Å². The Morgan fingerprint density at radius 1 is 1.10 bits per heavy atom. The Bertz CT molecular complexity index is 704. The second-order valence-corrected chi connectivity index (χ2v) is 5.80. The summed E-state index contributed by atoms with van der Waals surface area (Å²) in [6.07, 6.45) is 0.659. The van der Waals surface area contributed by atoms with Crippen LogP contribution < -0.4 is 10.2 Å². The lowest BCUT2D eigenvalue weighted by molar-refractivity contribution is -0.118. The molecule has 21 heavy (non-hydrogen) atoms. The highest BCUT2D eigenvalue weighted by Crippen LogP contribution is 2.29. The number of anilines is 1. The van der Waals surface area contributed by atoms with Gasteiger partial charge in [0.1, 0.15) is 6.04 Å². The minimum Gasteiger partial charge on any atom is -0.325 e. The summed E-state index contributed by atoms with van der Waals surface area (Å²) in [5.41, 5.74) is 0.654. The zero-order valence-electron chi connectivity index (χ0n) is 12.2.